The van der Waals surface area contributed by atoms with E-state index < -0.39 is 0 Å². The number of anilines is 2. The molecule has 0 unspecified atom stereocenters. The van der Waals surface area contributed by atoms with E-state index >= 15 is 0 Å². The summed E-state index contributed by atoms with van der Waals surface area (Å²) in [6.07, 6.45) is 1.60. The standard InChI is InChI=1S/C26H23Cl2N5S/c1-32-8-10-33(11-9-32)16-17-2-4-18(5-3-17)24-13-23-26(34-24)25(19(14-29)15-30-23)31-22-7-6-20(27)12-21(22)28/h2-7,12-13,15H,8-11,16H2,1H3,(H,30,31). The van der Waals surface area contributed by atoms with Crippen molar-refractivity contribution in [3.8, 4) is 16.5 Å². The van der Waals surface area contributed by atoms with Gasteiger partial charge in [-0.25, -0.2) is 0 Å². The molecule has 34 heavy (non-hydrogen) atoms. The molecular weight excluding hydrogens is 485 g/mol. The average molecular weight is 508 g/mol. The van der Waals surface area contributed by atoms with Gasteiger partial charge < -0.3 is 10.2 Å². The van der Waals surface area contributed by atoms with E-state index in [1.165, 1.54) is 5.56 Å². The van der Waals surface area contributed by atoms with E-state index in [1.807, 2.05) is 6.07 Å². The second kappa shape index (κ2) is 9.91. The monoisotopic (exact) mass is 507 g/mol. The van der Waals surface area contributed by atoms with E-state index in [2.05, 4.69) is 63.5 Å². The summed E-state index contributed by atoms with van der Waals surface area (Å²) >= 11 is 14.0. The van der Waals surface area contributed by atoms with Crippen LogP contribution in [0.1, 0.15) is 11.1 Å². The SMILES string of the molecule is CN1CCN(Cc2ccc(-c3cc4ncc(C#N)c(Nc5ccc(Cl)cc5Cl)c4s3)cc2)CC1. The molecule has 1 N–H and O–H groups in total. The van der Waals surface area contributed by atoms with Gasteiger partial charge in [-0.2, -0.15) is 5.26 Å². The largest absolute Gasteiger partial charge is 0.352 e. The molecule has 0 spiro atoms. The molecule has 2 aromatic heterocycles. The fourth-order valence-corrected chi connectivity index (χ4v) is 5.67. The van der Waals surface area contributed by atoms with Gasteiger partial charge in [-0.3, -0.25) is 9.88 Å². The van der Waals surface area contributed by atoms with Gasteiger partial charge in [0, 0.05) is 48.8 Å². The van der Waals surface area contributed by atoms with Gasteiger partial charge >= 0.3 is 0 Å². The molecule has 5 rings (SSSR count). The van der Waals surface area contributed by atoms with Crippen LogP contribution < -0.4 is 5.32 Å². The van der Waals surface area contributed by atoms with E-state index in [4.69, 9.17) is 23.2 Å². The Labute approximate surface area is 213 Å². The number of halogens is 2. The Morgan fingerprint density at radius 3 is 2.53 bits per heavy atom. The first-order chi connectivity index (χ1) is 16.5. The molecule has 5 nitrogen and oxygen atoms in total. The molecule has 2 aromatic carbocycles. The fourth-order valence-electron chi connectivity index (χ4n) is 4.09. The predicted molar refractivity (Wildman–Crippen MR) is 142 cm³/mol. The average Bonchev–Trinajstić information content (AvgIpc) is 3.28. The normalized spacial score (nSPS) is 14.9. The smallest absolute Gasteiger partial charge is 0.103 e. The number of rotatable bonds is 5. The topological polar surface area (TPSA) is 55.2 Å². The van der Waals surface area contributed by atoms with Crippen molar-refractivity contribution < 1.29 is 0 Å². The third kappa shape index (κ3) is 4.90. The number of nitrogens with zero attached hydrogens (tertiary/aromatic N) is 4. The molecule has 0 bridgehead atoms. The highest BCUT2D eigenvalue weighted by atomic mass is 35.5. The van der Waals surface area contributed by atoms with Crippen LogP contribution in [-0.4, -0.2) is 48.0 Å². The number of hydrogen-bond donors (Lipinski definition) is 1. The van der Waals surface area contributed by atoms with Crippen LogP contribution in [0.3, 0.4) is 0 Å². The van der Waals surface area contributed by atoms with Crippen molar-refractivity contribution in [2.24, 2.45) is 0 Å². The highest BCUT2D eigenvalue weighted by Gasteiger charge is 2.16. The van der Waals surface area contributed by atoms with Crippen LogP contribution in [0.25, 0.3) is 20.7 Å². The summed E-state index contributed by atoms with van der Waals surface area (Å²) in [6, 6.07) is 18.3. The molecule has 0 atom stereocenters. The minimum Gasteiger partial charge on any atom is -0.352 e. The lowest BCUT2D eigenvalue weighted by atomic mass is 10.1. The Kier molecular flexibility index (Phi) is 6.73. The summed E-state index contributed by atoms with van der Waals surface area (Å²) in [5.41, 5.74) is 5.17. The van der Waals surface area contributed by atoms with Crippen molar-refractivity contribution >= 4 is 56.1 Å². The first-order valence-electron chi connectivity index (χ1n) is 11.0. The second-order valence-corrected chi connectivity index (χ2v) is 10.4. The Bertz CT molecular complexity index is 1370. The van der Waals surface area contributed by atoms with Crippen molar-refractivity contribution in [2.75, 3.05) is 38.5 Å². The van der Waals surface area contributed by atoms with Gasteiger partial charge in [0.1, 0.15) is 6.07 Å². The second-order valence-electron chi connectivity index (χ2n) is 8.51. The molecule has 0 radical (unpaired) electrons. The molecule has 1 saturated heterocycles. The Morgan fingerprint density at radius 1 is 1.06 bits per heavy atom. The van der Waals surface area contributed by atoms with E-state index in [1.54, 1.807) is 29.7 Å². The van der Waals surface area contributed by atoms with Crippen molar-refractivity contribution in [3.05, 3.63) is 75.9 Å². The highest BCUT2D eigenvalue weighted by Crippen LogP contribution is 2.40. The number of fused-ring (bicyclic) bond motifs is 1. The zero-order valence-corrected chi connectivity index (χ0v) is 21.0. The summed E-state index contributed by atoms with van der Waals surface area (Å²) in [6.45, 7) is 5.43. The van der Waals surface area contributed by atoms with Crippen LogP contribution in [0.15, 0.2) is 54.7 Å². The Morgan fingerprint density at radius 2 is 1.82 bits per heavy atom. The van der Waals surface area contributed by atoms with E-state index in [-0.39, 0.29) is 0 Å². The lowest BCUT2D eigenvalue weighted by Gasteiger charge is -2.32. The lowest BCUT2D eigenvalue weighted by Crippen LogP contribution is -2.43. The van der Waals surface area contributed by atoms with Crippen molar-refractivity contribution in [1.82, 2.24) is 14.8 Å². The van der Waals surface area contributed by atoms with Crippen LogP contribution >= 0.6 is 34.5 Å². The zero-order chi connectivity index (χ0) is 23.7. The molecule has 0 saturated carbocycles. The van der Waals surface area contributed by atoms with Crippen molar-refractivity contribution in [3.63, 3.8) is 0 Å². The van der Waals surface area contributed by atoms with Crippen LogP contribution in [0.2, 0.25) is 10.0 Å². The number of benzene rings is 2. The molecule has 0 aliphatic carbocycles. The number of hydrogen-bond acceptors (Lipinski definition) is 6. The summed E-state index contributed by atoms with van der Waals surface area (Å²) in [5.74, 6) is 0. The molecule has 0 amide bonds. The maximum absolute atomic E-state index is 9.69. The lowest BCUT2D eigenvalue weighted by molar-refractivity contribution is 0.148. The van der Waals surface area contributed by atoms with Crippen molar-refractivity contribution in [1.29, 1.82) is 5.26 Å². The van der Waals surface area contributed by atoms with E-state index in [9.17, 15) is 5.26 Å². The third-order valence-corrected chi connectivity index (χ3v) is 7.83. The maximum atomic E-state index is 9.69. The number of pyridine rings is 1. The van der Waals surface area contributed by atoms with Crippen molar-refractivity contribution in [2.45, 2.75) is 6.54 Å². The third-order valence-electron chi connectivity index (χ3n) is 6.09. The Hall–Kier alpha value is -2.66. The molecule has 1 aliphatic rings. The van der Waals surface area contributed by atoms with Crippen LogP contribution in [0, 0.1) is 11.3 Å². The van der Waals surface area contributed by atoms with Crippen LogP contribution in [0.4, 0.5) is 11.4 Å². The van der Waals surface area contributed by atoms with Gasteiger partial charge in [0.2, 0.25) is 0 Å². The molecule has 8 heteroatoms. The minimum absolute atomic E-state index is 0.467. The fraction of sp³-hybridized carbons (Fsp3) is 0.231. The Balaban J connectivity index is 1.42. The van der Waals surface area contributed by atoms with Crippen LogP contribution in [-0.2, 0) is 6.54 Å². The van der Waals surface area contributed by atoms with Crippen LogP contribution in [0.5, 0.6) is 0 Å². The summed E-state index contributed by atoms with van der Waals surface area (Å²) in [7, 11) is 2.18. The molecule has 1 fully saturated rings. The highest BCUT2D eigenvalue weighted by molar-refractivity contribution is 7.22. The first-order valence-corrected chi connectivity index (χ1v) is 12.6. The zero-order valence-electron chi connectivity index (χ0n) is 18.7. The number of likely N-dealkylation sites (N-methyl/N-ethyl adjacent to an activating group) is 1. The molecule has 3 heterocycles. The van der Waals surface area contributed by atoms with Gasteiger partial charge in [-0.1, -0.05) is 47.5 Å². The molecule has 172 valence electrons. The number of nitriles is 1. The van der Waals surface area contributed by atoms with Gasteiger partial charge in [0.15, 0.2) is 0 Å². The van der Waals surface area contributed by atoms with E-state index in [0.29, 0.717) is 27.0 Å². The summed E-state index contributed by atoms with van der Waals surface area (Å²) < 4.78 is 0.918. The summed E-state index contributed by atoms with van der Waals surface area (Å²) in [4.78, 5) is 10.5. The minimum atomic E-state index is 0.467. The number of piperazine rings is 1. The first kappa shape index (κ1) is 23.1. The van der Waals surface area contributed by atoms with Gasteiger partial charge in [0.05, 0.1) is 32.2 Å². The van der Waals surface area contributed by atoms with Gasteiger partial charge in [0.25, 0.3) is 0 Å². The maximum Gasteiger partial charge on any atom is 0.103 e. The molecular formula is C26H23Cl2N5S. The van der Waals surface area contributed by atoms with E-state index in [0.717, 1.165) is 53.4 Å². The number of thiophene rings is 1. The quantitative estimate of drug-likeness (QED) is 0.328. The number of nitrogens with one attached hydrogen (secondary N) is 1. The molecule has 1 aliphatic heterocycles. The summed E-state index contributed by atoms with van der Waals surface area (Å²) in [5, 5.41) is 14.1. The number of aromatic nitrogens is 1. The molecule has 4 aromatic rings. The van der Waals surface area contributed by atoms with Gasteiger partial charge in [-0.15, -0.1) is 11.3 Å². The van der Waals surface area contributed by atoms with Gasteiger partial charge in [-0.05, 0) is 42.4 Å². The predicted octanol–water partition coefficient (Wildman–Crippen LogP) is 6.63.